The Morgan fingerprint density at radius 2 is 2.16 bits per heavy atom. The third-order valence-corrected chi connectivity index (χ3v) is 3.88. The third kappa shape index (κ3) is 6.53. The van der Waals surface area contributed by atoms with E-state index in [4.69, 9.17) is 9.84 Å². The van der Waals surface area contributed by atoms with Crippen LogP contribution in [0.15, 0.2) is 24.3 Å². The first-order valence-corrected chi connectivity index (χ1v) is 7.30. The van der Waals surface area contributed by atoms with Crippen molar-refractivity contribution in [3.63, 3.8) is 0 Å². The van der Waals surface area contributed by atoms with Crippen molar-refractivity contribution >= 4 is 11.8 Å². The SMILES string of the molecule is CC(O)C(C)SCCOc1cccc(C#CCO)c1. The number of thioether (sulfide) groups is 1. The van der Waals surface area contributed by atoms with Crippen molar-refractivity contribution in [1.82, 2.24) is 0 Å². The molecule has 0 heterocycles. The Bertz CT molecular complexity index is 435. The zero-order valence-corrected chi connectivity index (χ0v) is 12.1. The molecule has 2 unspecified atom stereocenters. The van der Waals surface area contributed by atoms with Crippen LogP contribution in [0.2, 0.25) is 0 Å². The molecule has 19 heavy (non-hydrogen) atoms. The van der Waals surface area contributed by atoms with E-state index >= 15 is 0 Å². The van der Waals surface area contributed by atoms with E-state index in [2.05, 4.69) is 11.8 Å². The number of aliphatic hydroxyl groups is 2. The average Bonchev–Trinajstić information content (AvgIpc) is 2.41. The van der Waals surface area contributed by atoms with Gasteiger partial charge in [0.15, 0.2) is 0 Å². The summed E-state index contributed by atoms with van der Waals surface area (Å²) in [5.41, 5.74) is 0.830. The molecular weight excluding hydrogens is 260 g/mol. The molecule has 0 bridgehead atoms. The molecule has 2 atom stereocenters. The Morgan fingerprint density at radius 1 is 1.37 bits per heavy atom. The molecule has 0 saturated carbocycles. The van der Waals surface area contributed by atoms with E-state index < -0.39 is 0 Å². The second-order valence-electron chi connectivity index (χ2n) is 4.15. The number of benzene rings is 1. The quantitative estimate of drug-likeness (QED) is 0.617. The van der Waals surface area contributed by atoms with Gasteiger partial charge in [-0.2, -0.15) is 11.8 Å². The van der Waals surface area contributed by atoms with Gasteiger partial charge in [-0.25, -0.2) is 0 Å². The van der Waals surface area contributed by atoms with Gasteiger partial charge >= 0.3 is 0 Å². The van der Waals surface area contributed by atoms with Crippen molar-refractivity contribution in [2.75, 3.05) is 19.0 Å². The predicted octanol–water partition coefficient (Wildman–Crippen LogP) is 1.91. The van der Waals surface area contributed by atoms with Gasteiger partial charge < -0.3 is 14.9 Å². The van der Waals surface area contributed by atoms with E-state index in [0.717, 1.165) is 17.1 Å². The fourth-order valence-corrected chi connectivity index (χ4v) is 2.17. The van der Waals surface area contributed by atoms with Crippen molar-refractivity contribution in [2.24, 2.45) is 0 Å². The van der Waals surface area contributed by atoms with Crippen molar-refractivity contribution in [2.45, 2.75) is 25.2 Å². The Labute approximate surface area is 119 Å². The highest BCUT2D eigenvalue weighted by Crippen LogP contribution is 2.16. The first kappa shape index (κ1) is 15.9. The topological polar surface area (TPSA) is 49.7 Å². The maximum Gasteiger partial charge on any atom is 0.120 e. The van der Waals surface area contributed by atoms with Crippen LogP contribution in [0.25, 0.3) is 0 Å². The summed E-state index contributed by atoms with van der Waals surface area (Å²) < 4.78 is 5.62. The van der Waals surface area contributed by atoms with Gasteiger partial charge in [0.25, 0.3) is 0 Å². The first-order valence-electron chi connectivity index (χ1n) is 6.25. The third-order valence-electron chi connectivity index (χ3n) is 2.56. The van der Waals surface area contributed by atoms with Crippen LogP contribution in [0.5, 0.6) is 5.75 Å². The number of aliphatic hydroxyl groups excluding tert-OH is 2. The number of ether oxygens (including phenoxy) is 1. The van der Waals surface area contributed by atoms with Crippen molar-refractivity contribution in [3.05, 3.63) is 29.8 Å². The van der Waals surface area contributed by atoms with Crippen molar-refractivity contribution in [1.29, 1.82) is 0 Å². The fourth-order valence-electron chi connectivity index (χ4n) is 1.34. The van der Waals surface area contributed by atoms with E-state index in [0.29, 0.717) is 6.61 Å². The normalized spacial score (nSPS) is 13.3. The molecule has 2 N–H and O–H groups in total. The second kappa shape index (κ2) is 8.87. The molecule has 0 aliphatic carbocycles. The molecule has 1 aromatic rings. The lowest BCUT2D eigenvalue weighted by Crippen LogP contribution is -2.17. The molecular formula is C15H20O3S. The summed E-state index contributed by atoms with van der Waals surface area (Å²) in [6, 6.07) is 7.49. The summed E-state index contributed by atoms with van der Waals surface area (Å²) in [4.78, 5) is 0. The highest BCUT2D eigenvalue weighted by molar-refractivity contribution is 7.99. The lowest BCUT2D eigenvalue weighted by atomic mass is 10.2. The second-order valence-corrected chi connectivity index (χ2v) is 5.64. The van der Waals surface area contributed by atoms with Crippen LogP contribution in [-0.4, -0.2) is 40.5 Å². The maximum atomic E-state index is 9.36. The van der Waals surface area contributed by atoms with Crippen molar-refractivity contribution in [3.8, 4) is 17.6 Å². The largest absolute Gasteiger partial charge is 0.493 e. The van der Waals surface area contributed by atoms with Gasteiger partial charge in [-0.1, -0.05) is 24.8 Å². The highest BCUT2D eigenvalue weighted by atomic mass is 32.2. The fraction of sp³-hybridized carbons (Fsp3) is 0.467. The monoisotopic (exact) mass is 280 g/mol. The van der Waals surface area contributed by atoms with Crippen LogP contribution in [0.3, 0.4) is 0 Å². The van der Waals surface area contributed by atoms with Crippen molar-refractivity contribution < 1.29 is 14.9 Å². The number of hydrogen-bond donors (Lipinski definition) is 2. The summed E-state index contributed by atoms with van der Waals surface area (Å²) in [5.74, 6) is 7.05. The Balaban J connectivity index is 2.37. The standard InChI is InChI=1S/C15H20O3S/c1-12(17)13(2)19-10-9-18-15-7-3-5-14(11-15)6-4-8-16/h3,5,7,11-13,16-17H,8-10H2,1-2H3. The zero-order valence-electron chi connectivity index (χ0n) is 11.3. The maximum absolute atomic E-state index is 9.36. The van der Waals surface area contributed by atoms with Crippen LogP contribution in [-0.2, 0) is 0 Å². The lowest BCUT2D eigenvalue weighted by molar-refractivity contribution is 0.196. The lowest BCUT2D eigenvalue weighted by Gasteiger charge is -2.14. The summed E-state index contributed by atoms with van der Waals surface area (Å²) >= 11 is 1.69. The van der Waals surface area contributed by atoms with E-state index in [9.17, 15) is 5.11 Å². The molecule has 0 aromatic heterocycles. The van der Waals surface area contributed by atoms with Gasteiger partial charge in [-0.05, 0) is 25.1 Å². The molecule has 0 fully saturated rings. The van der Waals surface area contributed by atoms with E-state index in [1.54, 1.807) is 18.7 Å². The molecule has 0 aliphatic heterocycles. The molecule has 4 heteroatoms. The van der Waals surface area contributed by atoms with Crippen LogP contribution in [0.4, 0.5) is 0 Å². The molecule has 1 aromatic carbocycles. The molecule has 104 valence electrons. The van der Waals surface area contributed by atoms with Crippen LogP contribution in [0.1, 0.15) is 19.4 Å². The molecule has 0 spiro atoms. The Hall–Kier alpha value is -1.15. The molecule has 1 rings (SSSR count). The van der Waals surface area contributed by atoms with E-state index in [1.165, 1.54) is 0 Å². The first-order chi connectivity index (χ1) is 9.13. The highest BCUT2D eigenvalue weighted by Gasteiger charge is 2.08. The Kier molecular flexibility index (Phi) is 7.42. The van der Waals surface area contributed by atoms with Gasteiger partial charge in [0.2, 0.25) is 0 Å². The molecule has 3 nitrogen and oxygen atoms in total. The van der Waals surface area contributed by atoms with Gasteiger partial charge in [-0.15, -0.1) is 0 Å². The van der Waals surface area contributed by atoms with Gasteiger partial charge in [-0.3, -0.25) is 0 Å². The summed E-state index contributed by atoms with van der Waals surface area (Å²) in [7, 11) is 0. The van der Waals surface area contributed by atoms with Gasteiger partial charge in [0.1, 0.15) is 12.4 Å². The van der Waals surface area contributed by atoms with E-state index in [1.807, 2.05) is 31.2 Å². The number of hydrogen-bond acceptors (Lipinski definition) is 4. The summed E-state index contributed by atoms with van der Waals surface area (Å²) in [6.07, 6.45) is -0.304. The zero-order chi connectivity index (χ0) is 14.1. The summed E-state index contributed by atoms with van der Waals surface area (Å²) in [6.45, 7) is 4.25. The minimum Gasteiger partial charge on any atom is -0.493 e. The smallest absolute Gasteiger partial charge is 0.120 e. The molecule has 0 amide bonds. The van der Waals surface area contributed by atoms with Crippen LogP contribution >= 0.6 is 11.8 Å². The molecule has 0 aliphatic rings. The van der Waals surface area contributed by atoms with Crippen LogP contribution in [0, 0.1) is 11.8 Å². The van der Waals surface area contributed by atoms with Gasteiger partial charge in [0, 0.05) is 16.6 Å². The molecule has 0 saturated heterocycles. The number of rotatable bonds is 6. The minimum absolute atomic E-state index is 0.140. The minimum atomic E-state index is -0.304. The Morgan fingerprint density at radius 3 is 2.84 bits per heavy atom. The average molecular weight is 280 g/mol. The predicted molar refractivity (Wildman–Crippen MR) is 79.5 cm³/mol. The van der Waals surface area contributed by atoms with E-state index in [-0.39, 0.29) is 18.0 Å². The van der Waals surface area contributed by atoms with Crippen LogP contribution < -0.4 is 4.74 Å². The van der Waals surface area contributed by atoms with Gasteiger partial charge in [0.05, 0.1) is 12.7 Å². The summed E-state index contributed by atoms with van der Waals surface area (Å²) in [5, 5.41) is 18.2. The molecule has 0 radical (unpaired) electrons.